The third-order valence-corrected chi connectivity index (χ3v) is 4.41. The second-order valence-electron chi connectivity index (χ2n) is 6.46. The third-order valence-electron chi connectivity index (χ3n) is 4.41. The number of carbonyl (C=O) groups is 2. The van der Waals surface area contributed by atoms with Crippen molar-refractivity contribution < 1.29 is 18.7 Å². The number of hydrogen-bond donors (Lipinski definition) is 2. The number of methoxy groups -OCH3 is 1. The minimum Gasteiger partial charge on any atom is -0.494 e. The molecule has 150 valence electrons. The summed E-state index contributed by atoms with van der Waals surface area (Å²) in [6.07, 6.45) is 0. The van der Waals surface area contributed by atoms with Gasteiger partial charge in [-0.15, -0.1) is 0 Å². The Labute approximate surface area is 164 Å². The summed E-state index contributed by atoms with van der Waals surface area (Å²) in [5, 5.41) is 5.54. The van der Waals surface area contributed by atoms with E-state index in [9.17, 15) is 14.0 Å². The van der Waals surface area contributed by atoms with Crippen molar-refractivity contribution in [3.63, 3.8) is 0 Å². The van der Waals surface area contributed by atoms with Gasteiger partial charge in [-0.25, -0.2) is 4.39 Å². The lowest BCUT2D eigenvalue weighted by molar-refractivity contribution is -0.121. The van der Waals surface area contributed by atoms with Crippen molar-refractivity contribution in [2.45, 2.75) is 33.4 Å². The van der Waals surface area contributed by atoms with E-state index in [0.29, 0.717) is 24.5 Å². The molecule has 1 atom stereocenters. The standard InChI is InChI=1S/C21H26FN3O3/c1-5-25(13-16-6-11-20(28-4)19(22)12-16)14(2)21(27)24-18-9-7-17(8-10-18)23-15(3)26/h6-12,14H,5,13H2,1-4H3,(H,23,26)(H,24,27)/t14-/m0/s1. The molecule has 0 aliphatic carbocycles. The van der Waals surface area contributed by atoms with Gasteiger partial charge in [0.1, 0.15) is 0 Å². The van der Waals surface area contributed by atoms with Crippen LogP contribution in [0.25, 0.3) is 0 Å². The number of likely N-dealkylation sites (N-methyl/N-ethyl adjacent to an activating group) is 1. The number of carbonyl (C=O) groups excluding carboxylic acids is 2. The maximum absolute atomic E-state index is 13.9. The number of nitrogens with zero attached hydrogens (tertiary/aromatic N) is 1. The first-order chi connectivity index (χ1) is 13.3. The van der Waals surface area contributed by atoms with Crippen LogP contribution < -0.4 is 15.4 Å². The Bertz CT molecular complexity index is 824. The van der Waals surface area contributed by atoms with Gasteiger partial charge in [0.15, 0.2) is 11.6 Å². The van der Waals surface area contributed by atoms with E-state index < -0.39 is 11.9 Å². The van der Waals surface area contributed by atoms with Crippen molar-refractivity contribution in [1.82, 2.24) is 4.90 Å². The number of halogens is 1. The molecule has 6 nitrogen and oxygen atoms in total. The van der Waals surface area contributed by atoms with Crippen LogP contribution in [0.3, 0.4) is 0 Å². The number of nitrogens with one attached hydrogen (secondary N) is 2. The van der Waals surface area contributed by atoms with Crippen LogP contribution in [0, 0.1) is 5.82 Å². The lowest BCUT2D eigenvalue weighted by Gasteiger charge is -2.27. The lowest BCUT2D eigenvalue weighted by atomic mass is 10.1. The topological polar surface area (TPSA) is 70.7 Å². The number of ether oxygens (including phenoxy) is 1. The highest BCUT2D eigenvalue weighted by atomic mass is 19.1. The van der Waals surface area contributed by atoms with Gasteiger partial charge >= 0.3 is 0 Å². The second-order valence-corrected chi connectivity index (χ2v) is 6.46. The van der Waals surface area contributed by atoms with Crippen LogP contribution in [0.5, 0.6) is 5.75 Å². The van der Waals surface area contributed by atoms with E-state index in [1.165, 1.54) is 20.1 Å². The summed E-state index contributed by atoms with van der Waals surface area (Å²) in [6.45, 7) is 6.26. The number of rotatable bonds is 8. The molecule has 2 amide bonds. The van der Waals surface area contributed by atoms with Crippen molar-refractivity contribution in [3.8, 4) is 5.75 Å². The van der Waals surface area contributed by atoms with E-state index in [2.05, 4.69) is 10.6 Å². The summed E-state index contributed by atoms with van der Waals surface area (Å²) in [5.74, 6) is -0.546. The molecule has 0 saturated carbocycles. The molecule has 0 heterocycles. The van der Waals surface area contributed by atoms with Gasteiger partial charge in [-0.2, -0.15) is 0 Å². The van der Waals surface area contributed by atoms with Crippen LogP contribution in [0.2, 0.25) is 0 Å². The van der Waals surface area contributed by atoms with E-state index >= 15 is 0 Å². The highest BCUT2D eigenvalue weighted by Gasteiger charge is 2.21. The fourth-order valence-corrected chi connectivity index (χ4v) is 2.82. The summed E-state index contributed by atoms with van der Waals surface area (Å²) in [7, 11) is 1.42. The average Bonchev–Trinajstić information content (AvgIpc) is 2.66. The Kier molecular flexibility index (Phi) is 7.52. The Hall–Kier alpha value is -2.93. The van der Waals surface area contributed by atoms with Crippen LogP contribution in [0.4, 0.5) is 15.8 Å². The van der Waals surface area contributed by atoms with Crippen LogP contribution in [-0.2, 0) is 16.1 Å². The maximum Gasteiger partial charge on any atom is 0.241 e. The fraction of sp³-hybridized carbons (Fsp3) is 0.333. The molecule has 0 aliphatic rings. The Morgan fingerprint density at radius 2 is 1.71 bits per heavy atom. The monoisotopic (exact) mass is 387 g/mol. The Morgan fingerprint density at radius 1 is 1.11 bits per heavy atom. The molecule has 28 heavy (non-hydrogen) atoms. The van der Waals surface area contributed by atoms with Crippen LogP contribution in [0.1, 0.15) is 26.3 Å². The highest BCUT2D eigenvalue weighted by molar-refractivity contribution is 5.95. The van der Waals surface area contributed by atoms with Gasteiger partial charge < -0.3 is 15.4 Å². The Balaban J connectivity index is 2.01. The van der Waals surface area contributed by atoms with E-state index in [0.717, 1.165) is 5.56 Å². The van der Waals surface area contributed by atoms with Gasteiger partial charge in [-0.05, 0) is 55.4 Å². The van der Waals surface area contributed by atoms with Crippen LogP contribution in [-0.4, -0.2) is 36.4 Å². The molecule has 0 unspecified atom stereocenters. The predicted octanol–water partition coefficient (Wildman–Crippen LogP) is 3.64. The summed E-state index contributed by atoms with van der Waals surface area (Å²) in [6, 6.07) is 11.3. The molecule has 0 saturated heterocycles. The molecule has 0 aliphatic heterocycles. The normalized spacial score (nSPS) is 11.8. The zero-order chi connectivity index (χ0) is 20.7. The molecule has 2 aromatic carbocycles. The maximum atomic E-state index is 13.9. The molecule has 0 spiro atoms. The van der Waals surface area contributed by atoms with Crippen molar-refractivity contribution >= 4 is 23.2 Å². The first kappa shape index (κ1) is 21.4. The Morgan fingerprint density at radius 3 is 2.21 bits per heavy atom. The quantitative estimate of drug-likeness (QED) is 0.726. The van der Waals surface area contributed by atoms with Crippen molar-refractivity contribution in [2.75, 3.05) is 24.3 Å². The molecular weight excluding hydrogens is 361 g/mol. The van der Waals surface area contributed by atoms with Crippen LogP contribution in [0.15, 0.2) is 42.5 Å². The van der Waals surface area contributed by atoms with Crippen LogP contribution >= 0.6 is 0 Å². The first-order valence-electron chi connectivity index (χ1n) is 9.09. The molecule has 2 rings (SSSR count). The summed E-state index contributed by atoms with van der Waals surface area (Å²) < 4.78 is 18.9. The van der Waals surface area contributed by atoms with E-state index in [4.69, 9.17) is 4.74 Å². The minimum absolute atomic E-state index is 0.154. The van der Waals surface area contributed by atoms with Crippen molar-refractivity contribution in [3.05, 3.63) is 53.8 Å². The van der Waals surface area contributed by atoms with E-state index in [-0.39, 0.29) is 17.6 Å². The SMILES string of the molecule is CCN(Cc1ccc(OC)c(F)c1)[C@@H](C)C(=O)Nc1ccc(NC(C)=O)cc1. The molecular formula is C21H26FN3O3. The summed E-state index contributed by atoms with van der Waals surface area (Å²) in [4.78, 5) is 25.6. The first-order valence-corrected chi connectivity index (χ1v) is 9.09. The van der Waals surface area contributed by atoms with Gasteiger partial charge in [0.25, 0.3) is 0 Å². The van der Waals surface area contributed by atoms with Crippen molar-refractivity contribution in [2.24, 2.45) is 0 Å². The molecule has 2 N–H and O–H groups in total. The second kappa shape index (κ2) is 9.85. The summed E-state index contributed by atoms with van der Waals surface area (Å²) in [5.41, 5.74) is 2.06. The molecule has 2 aromatic rings. The fourth-order valence-electron chi connectivity index (χ4n) is 2.82. The number of amides is 2. The molecule has 0 radical (unpaired) electrons. The summed E-state index contributed by atoms with van der Waals surface area (Å²) >= 11 is 0. The minimum atomic E-state index is -0.424. The highest BCUT2D eigenvalue weighted by Crippen LogP contribution is 2.20. The number of hydrogen-bond acceptors (Lipinski definition) is 4. The zero-order valence-corrected chi connectivity index (χ0v) is 16.6. The number of anilines is 2. The van der Waals surface area contributed by atoms with Gasteiger partial charge in [-0.1, -0.05) is 13.0 Å². The van der Waals surface area contributed by atoms with E-state index in [1.54, 1.807) is 36.4 Å². The third kappa shape index (κ3) is 5.79. The van der Waals surface area contributed by atoms with Gasteiger partial charge in [0.05, 0.1) is 13.2 Å². The molecule has 7 heteroatoms. The molecule has 0 bridgehead atoms. The average molecular weight is 387 g/mol. The van der Waals surface area contributed by atoms with Gasteiger partial charge in [-0.3, -0.25) is 14.5 Å². The molecule has 0 fully saturated rings. The smallest absolute Gasteiger partial charge is 0.241 e. The van der Waals surface area contributed by atoms with Gasteiger partial charge in [0, 0.05) is 24.8 Å². The number of benzene rings is 2. The zero-order valence-electron chi connectivity index (χ0n) is 16.6. The van der Waals surface area contributed by atoms with Gasteiger partial charge in [0.2, 0.25) is 11.8 Å². The molecule has 0 aromatic heterocycles. The largest absolute Gasteiger partial charge is 0.494 e. The van der Waals surface area contributed by atoms with E-state index in [1.807, 2.05) is 18.7 Å². The van der Waals surface area contributed by atoms with Crippen molar-refractivity contribution in [1.29, 1.82) is 0 Å². The predicted molar refractivity (Wildman–Crippen MR) is 108 cm³/mol. The lowest BCUT2D eigenvalue weighted by Crippen LogP contribution is -2.41.